The van der Waals surface area contributed by atoms with Gasteiger partial charge in [0.2, 0.25) is 0 Å². The molecule has 1 N–H and O–H groups in total. The van der Waals surface area contributed by atoms with Gasteiger partial charge in [0.25, 0.3) is 0 Å². The van der Waals surface area contributed by atoms with Crippen LogP contribution < -0.4 is 15.0 Å². The molecule has 3 rings (SSSR count). The lowest BCUT2D eigenvalue weighted by Gasteiger charge is -2.31. The van der Waals surface area contributed by atoms with Crippen molar-refractivity contribution in [3.05, 3.63) is 23.8 Å². The molecule has 0 spiro atoms. The zero-order valence-corrected chi connectivity index (χ0v) is 13.0. The molecule has 6 nitrogen and oxygen atoms in total. The van der Waals surface area contributed by atoms with Gasteiger partial charge in [-0.25, -0.2) is 4.79 Å². The Morgan fingerprint density at radius 2 is 2.09 bits per heavy atom. The van der Waals surface area contributed by atoms with Crippen molar-refractivity contribution >= 4 is 11.8 Å². The number of benzene rings is 1. The third kappa shape index (κ3) is 3.34. The van der Waals surface area contributed by atoms with Crippen LogP contribution >= 0.6 is 0 Å². The molecule has 1 aromatic carbocycles. The molecule has 0 atom stereocenters. The van der Waals surface area contributed by atoms with Crippen LogP contribution in [-0.4, -0.2) is 57.4 Å². The topological polar surface area (TPSA) is 54.0 Å². The fourth-order valence-electron chi connectivity index (χ4n) is 2.96. The van der Waals surface area contributed by atoms with E-state index in [-0.39, 0.29) is 6.09 Å². The molecular formula is C16H23N3O3. The second kappa shape index (κ2) is 6.98. The molecule has 22 heavy (non-hydrogen) atoms. The highest BCUT2D eigenvalue weighted by Crippen LogP contribution is 2.31. The first-order chi connectivity index (χ1) is 10.8. The molecule has 2 heterocycles. The maximum absolute atomic E-state index is 12.1. The zero-order valence-electron chi connectivity index (χ0n) is 13.0. The Balaban J connectivity index is 1.63. The molecule has 0 aromatic heterocycles. The summed E-state index contributed by atoms with van der Waals surface area (Å²) in [5.74, 6) is 0.764. The van der Waals surface area contributed by atoms with Gasteiger partial charge in [0.05, 0.1) is 12.8 Å². The molecule has 0 aliphatic carbocycles. The maximum Gasteiger partial charge on any atom is 0.414 e. The number of nitrogens with one attached hydrogen (secondary N) is 1. The highest BCUT2D eigenvalue weighted by Gasteiger charge is 2.26. The van der Waals surface area contributed by atoms with Gasteiger partial charge in [0.1, 0.15) is 12.4 Å². The summed E-state index contributed by atoms with van der Waals surface area (Å²) in [6.07, 6.45) is 0.673. The molecule has 1 fully saturated rings. The van der Waals surface area contributed by atoms with Gasteiger partial charge in [-0.05, 0) is 25.1 Å². The number of carbonyl (C=O) groups is 1. The quantitative estimate of drug-likeness (QED) is 0.892. The van der Waals surface area contributed by atoms with Crippen molar-refractivity contribution in [2.75, 3.05) is 51.3 Å². The summed E-state index contributed by atoms with van der Waals surface area (Å²) in [5.41, 5.74) is 1.94. The van der Waals surface area contributed by atoms with Crippen molar-refractivity contribution in [2.45, 2.75) is 13.0 Å². The number of carbonyl (C=O) groups excluding carboxylic acids is 1. The number of rotatable bonds is 5. The first-order valence-corrected chi connectivity index (χ1v) is 7.82. The fraction of sp³-hybridized carbons (Fsp3) is 0.562. The van der Waals surface area contributed by atoms with E-state index in [1.165, 1.54) is 0 Å². The minimum Gasteiger partial charge on any atom is -0.497 e. The van der Waals surface area contributed by atoms with Gasteiger partial charge in [0.15, 0.2) is 0 Å². The van der Waals surface area contributed by atoms with Crippen molar-refractivity contribution < 1.29 is 14.3 Å². The lowest BCUT2D eigenvalue weighted by molar-refractivity contribution is 0.141. The summed E-state index contributed by atoms with van der Waals surface area (Å²) in [4.78, 5) is 16.2. The van der Waals surface area contributed by atoms with Gasteiger partial charge in [-0.2, -0.15) is 0 Å². The Labute approximate surface area is 131 Å². The van der Waals surface area contributed by atoms with E-state index in [0.717, 1.165) is 56.1 Å². The summed E-state index contributed by atoms with van der Waals surface area (Å²) in [5, 5.41) is 3.35. The molecule has 1 amide bonds. The monoisotopic (exact) mass is 305 g/mol. The van der Waals surface area contributed by atoms with Crippen LogP contribution in [0.2, 0.25) is 0 Å². The Morgan fingerprint density at radius 3 is 2.86 bits per heavy atom. The molecule has 1 aromatic rings. The first-order valence-electron chi connectivity index (χ1n) is 7.82. The molecule has 2 aliphatic heterocycles. The number of hydrogen-bond acceptors (Lipinski definition) is 5. The van der Waals surface area contributed by atoms with Crippen LogP contribution in [0.5, 0.6) is 5.75 Å². The van der Waals surface area contributed by atoms with E-state index in [1.54, 1.807) is 12.0 Å². The predicted molar refractivity (Wildman–Crippen MR) is 84.5 cm³/mol. The van der Waals surface area contributed by atoms with Crippen molar-refractivity contribution in [1.82, 2.24) is 10.2 Å². The largest absolute Gasteiger partial charge is 0.497 e. The maximum atomic E-state index is 12.1. The van der Waals surface area contributed by atoms with Crippen LogP contribution in [0.4, 0.5) is 10.5 Å². The van der Waals surface area contributed by atoms with Gasteiger partial charge >= 0.3 is 6.09 Å². The van der Waals surface area contributed by atoms with Crippen molar-refractivity contribution in [1.29, 1.82) is 0 Å². The number of nitrogens with zero attached hydrogens (tertiary/aromatic N) is 2. The Kier molecular flexibility index (Phi) is 4.80. The number of anilines is 1. The van der Waals surface area contributed by atoms with Crippen LogP contribution in [0.25, 0.3) is 0 Å². The third-order valence-electron chi connectivity index (χ3n) is 4.22. The predicted octanol–water partition coefficient (Wildman–Crippen LogP) is 1.45. The van der Waals surface area contributed by atoms with Gasteiger partial charge in [-0.15, -0.1) is 0 Å². The van der Waals surface area contributed by atoms with Crippen LogP contribution in [0.1, 0.15) is 12.0 Å². The summed E-state index contributed by atoms with van der Waals surface area (Å²) in [7, 11) is 1.64. The summed E-state index contributed by atoms with van der Waals surface area (Å²) in [6.45, 7) is 6.27. The van der Waals surface area contributed by atoms with E-state index in [2.05, 4.69) is 10.2 Å². The summed E-state index contributed by atoms with van der Waals surface area (Å²) < 4.78 is 10.5. The highest BCUT2D eigenvalue weighted by molar-refractivity contribution is 5.90. The summed E-state index contributed by atoms with van der Waals surface area (Å²) >= 11 is 0. The minimum atomic E-state index is -0.263. The lowest BCUT2D eigenvalue weighted by Crippen LogP contribution is -2.45. The van der Waals surface area contributed by atoms with E-state index in [0.29, 0.717) is 13.2 Å². The van der Waals surface area contributed by atoms with Crippen LogP contribution in [-0.2, 0) is 11.3 Å². The van der Waals surface area contributed by atoms with Crippen LogP contribution in [0, 0.1) is 0 Å². The Hall–Kier alpha value is -1.79. The second-order valence-corrected chi connectivity index (χ2v) is 5.65. The molecule has 120 valence electrons. The van der Waals surface area contributed by atoms with Crippen LogP contribution in [0.15, 0.2) is 18.2 Å². The average molecular weight is 305 g/mol. The number of piperazine rings is 1. The van der Waals surface area contributed by atoms with Crippen molar-refractivity contribution in [3.63, 3.8) is 0 Å². The minimum absolute atomic E-state index is 0.263. The van der Waals surface area contributed by atoms with Crippen molar-refractivity contribution in [3.8, 4) is 5.75 Å². The second-order valence-electron chi connectivity index (χ2n) is 5.65. The molecule has 2 aliphatic rings. The SMILES string of the molecule is COc1ccc2c(c1)N(CCCN1CCNCC1)C(=O)OC2. The summed E-state index contributed by atoms with van der Waals surface area (Å²) in [6, 6.07) is 5.78. The fourth-order valence-corrected chi connectivity index (χ4v) is 2.96. The molecule has 6 heteroatoms. The number of methoxy groups -OCH3 is 1. The Bertz CT molecular complexity index is 529. The van der Waals surface area contributed by atoms with E-state index >= 15 is 0 Å². The molecular weight excluding hydrogens is 282 g/mol. The van der Waals surface area contributed by atoms with Crippen molar-refractivity contribution in [2.24, 2.45) is 0 Å². The zero-order chi connectivity index (χ0) is 15.4. The molecule has 0 radical (unpaired) electrons. The number of fused-ring (bicyclic) bond motifs is 1. The molecule has 0 unspecified atom stereocenters. The highest BCUT2D eigenvalue weighted by atomic mass is 16.6. The molecule has 0 bridgehead atoms. The van der Waals surface area contributed by atoms with E-state index < -0.39 is 0 Å². The number of hydrogen-bond donors (Lipinski definition) is 1. The Morgan fingerprint density at radius 1 is 1.27 bits per heavy atom. The average Bonchev–Trinajstić information content (AvgIpc) is 2.57. The smallest absolute Gasteiger partial charge is 0.414 e. The number of cyclic esters (lactones) is 1. The molecule has 0 saturated carbocycles. The van der Waals surface area contributed by atoms with E-state index in [4.69, 9.17) is 9.47 Å². The standard InChI is InChI=1S/C16H23N3O3/c1-21-14-4-3-13-12-22-16(20)19(15(13)11-14)8-2-7-18-9-5-17-6-10-18/h3-4,11,17H,2,5-10,12H2,1H3. The normalized spacial score (nSPS) is 18.8. The lowest BCUT2D eigenvalue weighted by atomic mass is 10.1. The number of ether oxygens (including phenoxy) is 2. The van der Waals surface area contributed by atoms with Gasteiger partial charge < -0.3 is 19.7 Å². The van der Waals surface area contributed by atoms with Gasteiger partial charge in [0, 0.05) is 44.4 Å². The third-order valence-corrected chi connectivity index (χ3v) is 4.22. The first kappa shape index (κ1) is 15.1. The number of amides is 1. The van der Waals surface area contributed by atoms with E-state index in [9.17, 15) is 4.79 Å². The van der Waals surface area contributed by atoms with E-state index in [1.807, 2.05) is 18.2 Å². The molecule has 1 saturated heterocycles. The van der Waals surface area contributed by atoms with Crippen LogP contribution in [0.3, 0.4) is 0 Å². The van der Waals surface area contributed by atoms with Gasteiger partial charge in [-0.1, -0.05) is 0 Å². The van der Waals surface area contributed by atoms with Gasteiger partial charge in [-0.3, -0.25) is 4.90 Å².